The third kappa shape index (κ3) is 3.85. The second-order valence-electron chi connectivity index (χ2n) is 2.68. The van der Waals surface area contributed by atoms with Crippen molar-refractivity contribution < 1.29 is 13.5 Å². The van der Waals surface area contributed by atoms with Crippen molar-refractivity contribution in [3.63, 3.8) is 0 Å². The Morgan fingerprint density at radius 3 is 2.47 bits per heavy atom. The summed E-state index contributed by atoms with van der Waals surface area (Å²) < 4.78 is 28.3. The molecule has 2 N–H and O–H groups in total. The van der Waals surface area contributed by atoms with Gasteiger partial charge in [-0.3, -0.25) is 0 Å². The van der Waals surface area contributed by atoms with Crippen LogP contribution in [0.3, 0.4) is 0 Å². The molecule has 0 aliphatic carbocycles. The molecule has 0 unspecified atom stereocenters. The molecule has 0 saturated carbocycles. The van der Waals surface area contributed by atoms with E-state index in [9.17, 15) is 8.78 Å². The van der Waals surface area contributed by atoms with Crippen molar-refractivity contribution in [1.82, 2.24) is 0 Å². The van der Waals surface area contributed by atoms with E-state index in [4.69, 9.17) is 5.73 Å². The largest absolute Gasteiger partial charge is 0.434 e. The van der Waals surface area contributed by atoms with Gasteiger partial charge in [-0.15, -0.1) is 19.0 Å². The molecule has 0 spiro atoms. The fourth-order valence-corrected chi connectivity index (χ4v) is 1.09. The van der Waals surface area contributed by atoms with Crippen molar-refractivity contribution in [2.24, 2.45) is 5.73 Å². The van der Waals surface area contributed by atoms with Gasteiger partial charge in [0.15, 0.2) is 0 Å². The van der Waals surface area contributed by atoms with Crippen molar-refractivity contribution >= 4 is 12.4 Å². The highest BCUT2D eigenvalue weighted by Crippen LogP contribution is 2.25. The molecule has 5 heteroatoms. The average Bonchev–Trinajstić information content (AvgIpc) is 2.16. The highest BCUT2D eigenvalue weighted by molar-refractivity contribution is 5.85. The van der Waals surface area contributed by atoms with E-state index in [0.717, 1.165) is 0 Å². The Balaban J connectivity index is 0.00000196. The summed E-state index contributed by atoms with van der Waals surface area (Å²) in [4.78, 5) is 0. The van der Waals surface area contributed by atoms with Crippen LogP contribution in [0.5, 0.6) is 5.75 Å². The van der Waals surface area contributed by atoms with Gasteiger partial charge >= 0.3 is 6.61 Å². The van der Waals surface area contributed by atoms with E-state index < -0.39 is 12.7 Å². The van der Waals surface area contributed by atoms with Crippen LogP contribution in [0.4, 0.5) is 8.78 Å². The zero-order valence-electron chi connectivity index (χ0n) is 7.90. The van der Waals surface area contributed by atoms with Crippen LogP contribution in [-0.2, 0) is 0 Å². The maximum atomic E-state index is 12.0. The number of rotatable bonds is 4. The molecule has 84 valence electrons. The van der Waals surface area contributed by atoms with Gasteiger partial charge in [0.25, 0.3) is 0 Å². The van der Waals surface area contributed by atoms with Gasteiger partial charge in [-0.1, -0.05) is 24.3 Å². The molecule has 0 aliphatic heterocycles. The van der Waals surface area contributed by atoms with Crippen LogP contribution in [0.1, 0.15) is 11.6 Å². The van der Waals surface area contributed by atoms with Gasteiger partial charge < -0.3 is 10.5 Å². The lowest BCUT2D eigenvalue weighted by Crippen LogP contribution is -2.11. The van der Waals surface area contributed by atoms with Gasteiger partial charge in [0.2, 0.25) is 0 Å². The number of halogens is 3. The van der Waals surface area contributed by atoms with Gasteiger partial charge in [0, 0.05) is 5.56 Å². The number of ether oxygens (including phenoxy) is 1. The lowest BCUT2D eigenvalue weighted by Gasteiger charge is -2.13. The van der Waals surface area contributed by atoms with Crippen LogP contribution in [0.25, 0.3) is 0 Å². The molecule has 0 bridgehead atoms. The Kier molecular flexibility index (Phi) is 5.89. The molecule has 0 saturated heterocycles. The first-order chi connectivity index (χ1) is 6.65. The lowest BCUT2D eigenvalue weighted by atomic mass is 10.1. The Morgan fingerprint density at radius 2 is 1.93 bits per heavy atom. The SMILES string of the molecule is C=C[C@H](N)c1ccccc1OC(F)F.Cl. The molecule has 0 aromatic heterocycles. The Hall–Kier alpha value is -1.13. The smallest absolute Gasteiger partial charge is 0.387 e. The molecular formula is C10H12ClF2NO. The standard InChI is InChI=1S/C10H11F2NO.ClH/c1-2-8(13)7-5-3-4-6-9(7)14-10(11)12;/h2-6,8,10H,1,13H2;1H/t8-;/m0./s1. The quantitative estimate of drug-likeness (QED) is 0.815. The first kappa shape index (κ1) is 13.9. The van der Waals surface area contributed by atoms with E-state index in [0.29, 0.717) is 5.56 Å². The molecule has 0 amide bonds. The van der Waals surface area contributed by atoms with E-state index in [1.807, 2.05) is 0 Å². The number of hydrogen-bond acceptors (Lipinski definition) is 2. The minimum atomic E-state index is -2.84. The number of benzene rings is 1. The van der Waals surface area contributed by atoms with Crippen molar-refractivity contribution in [3.05, 3.63) is 42.5 Å². The zero-order valence-corrected chi connectivity index (χ0v) is 8.71. The Bertz CT molecular complexity index is 320. The molecule has 1 rings (SSSR count). The van der Waals surface area contributed by atoms with Gasteiger partial charge in [0.1, 0.15) is 5.75 Å². The third-order valence-electron chi connectivity index (χ3n) is 1.75. The molecular weight excluding hydrogens is 224 g/mol. The summed E-state index contributed by atoms with van der Waals surface area (Å²) in [5.74, 6) is 0.0925. The number of hydrogen-bond donors (Lipinski definition) is 1. The van der Waals surface area contributed by atoms with Crippen molar-refractivity contribution in [2.75, 3.05) is 0 Å². The maximum absolute atomic E-state index is 12.0. The molecule has 15 heavy (non-hydrogen) atoms. The van der Waals surface area contributed by atoms with Crippen LogP contribution >= 0.6 is 12.4 Å². The summed E-state index contributed by atoms with van der Waals surface area (Å²) in [5, 5.41) is 0. The highest BCUT2D eigenvalue weighted by atomic mass is 35.5. The molecule has 1 aromatic carbocycles. The first-order valence-electron chi connectivity index (χ1n) is 4.07. The average molecular weight is 236 g/mol. The van der Waals surface area contributed by atoms with E-state index in [1.54, 1.807) is 18.2 Å². The summed E-state index contributed by atoms with van der Waals surface area (Å²) >= 11 is 0. The second kappa shape index (κ2) is 6.37. The second-order valence-corrected chi connectivity index (χ2v) is 2.68. The summed E-state index contributed by atoms with van der Waals surface area (Å²) in [5.41, 5.74) is 6.13. The third-order valence-corrected chi connectivity index (χ3v) is 1.75. The first-order valence-corrected chi connectivity index (χ1v) is 4.07. The van der Waals surface area contributed by atoms with Gasteiger partial charge in [0.05, 0.1) is 6.04 Å². The fraction of sp³-hybridized carbons (Fsp3) is 0.200. The van der Waals surface area contributed by atoms with Crippen molar-refractivity contribution in [1.29, 1.82) is 0 Å². The summed E-state index contributed by atoms with van der Waals surface area (Å²) in [6, 6.07) is 5.90. The van der Waals surface area contributed by atoms with Gasteiger partial charge in [-0.2, -0.15) is 8.78 Å². The van der Waals surface area contributed by atoms with Crippen LogP contribution in [0, 0.1) is 0 Å². The minimum absolute atomic E-state index is 0. The predicted octanol–water partition coefficient (Wildman–Crippen LogP) is 2.90. The normalized spacial score (nSPS) is 11.7. The Morgan fingerprint density at radius 1 is 1.33 bits per heavy atom. The van der Waals surface area contributed by atoms with Gasteiger partial charge in [-0.05, 0) is 6.07 Å². The molecule has 0 heterocycles. The fourth-order valence-electron chi connectivity index (χ4n) is 1.09. The monoisotopic (exact) mass is 235 g/mol. The molecule has 1 aromatic rings. The van der Waals surface area contributed by atoms with Gasteiger partial charge in [-0.25, -0.2) is 0 Å². The van der Waals surface area contributed by atoms with Crippen LogP contribution in [0.2, 0.25) is 0 Å². The number of nitrogens with two attached hydrogens (primary N) is 1. The van der Waals surface area contributed by atoms with Crippen molar-refractivity contribution in [2.45, 2.75) is 12.7 Å². The highest BCUT2D eigenvalue weighted by Gasteiger charge is 2.11. The van der Waals surface area contributed by atoms with E-state index in [-0.39, 0.29) is 18.2 Å². The van der Waals surface area contributed by atoms with E-state index in [2.05, 4.69) is 11.3 Å². The van der Waals surface area contributed by atoms with Crippen molar-refractivity contribution in [3.8, 4) is 5.75 Å². The molecule has 2 nitrogen and oxygen atoms in total. The zero-order chi connectivity index (χ0) is 10.6. The lowest BCUT2D eigenvalue weighted by molar-refractivity contribution is -0.0505. The van der Waals surface area contributed by atoms with Crippen LogP contribution in [-0.4, -0.2) is 6.61 Å². The predicted molar refractivity (Wildman–Crippen MR) is 57.4 cm³/mol. The molecule has 0 radical (unpaired) electrons. The minimum Gasteiger partial charge on any atom is -0.434 e. The summed E-state index contributed by atoms with van der Waals surface area (Å²) in [7, 11) is 0. The van der Waals surface area contributed by atoms with E-state index in [1.165, 1.54) is 12.1 Å². The number of para-hydroxylation sites is 1. The maximum Gasteiger partial charge on any atom is 0.387 e. The summed E-state index contributed by atoms with van der Waals surface area (Å²) in [6.07, 6.45) is 1.47. The van der Waals surface area contributed by atoms with Crippen LogP contribution < -0.4 is 10.5 Å². The van der Waals surface area contributed by atoms with E-state index >= 15 is 0 Å². The molecule has 0 aliphatic rings. The topological polar surface area (TPSA) is 35.2 Å². The van der Waals surface area contributed by atoms with Crippen LogP contribution in [0.15, 0.2) is 36.9 Å². The Labute approximate surface area is 93.1 Å². The molecule has 0 fully saturated rings. The molecule has 1 atom stereocenters. The summed E-state index contributed by atoms with van der Waals surface area (Å²) in [6.45, 7) is 0.650. The number of alkyl halides is 2.